The number of fused-ring (bicyclic) bond motifs is 4. The molecule has 7 aliphatic carbocycles. The Labute approximate surface area is 362 Å². The maximum Gasteiger partial charge on any atom is 0.0674 e. The summed E-state index contributed by atoms with van der Waals surface area (Å²) in [5.41, 5.74) is 14.1. The van der Waals surface area contributed by atoms with E-state index in [1.807, 2.05) is 0 Å². The first-order valence-corrected chi connectivity index (χ1v) is 23.3. The standard InChI is InChI=1S/C60H55N/c1-5-22-43(23-6-1)59(44-24-7-2-8-25-44)54-35-15-13-32-50(54)52-39-38-49(41-57(52)59)61(47-29-11-4-12-30-47)48-31-19-28-46(40-48)60(45-26-9-3-10-27-45)55-36-16-14-33-51(55)53-34-17-20-42-21-18-37-56(60)58(42)53/h1-7,9-12,14-18,20-22,26-27,29-30,33-41,43-44,48,52,57H,8,13,19,23-25,28,31-32H2/t43?,44?,48?,52?,57?,59?,60-/m0/s1. The molecule has 12 rings (SSSR count). The molecule has 7 aliphatic rings. The van der Waals surface area contributed by atoms with Crippen molar-refractivity contribution in [2.75, 3.05) is 4.90 Å². The SMILES string of the molecule is C1=CCC(C2(C3CC=CCC3)C3=C(CCC=C3)C3C=CC(N(c4ccccc4)C4C=C([C@@]5(c6ccccc6)c6ccccc6-c6cccc7cccc5c67)CCC4)=CC32)C=C1. The maximum atomic E-state index is 2.80. The van der Waals surface area contributed by atoms with E-state index in [0.29, 0.717) is 23.7 Å². The van der Waals surface area contributed by atoms with E-state index in [-0.39, 0.29) is 11.5 Å². The van der Waals surface area contributed by atoms with Gasteiger partial charge < -0.3 is 4.90 Å². The van der Waals surface area contributed by atoms with Crippen molar-refractivity contribution in [1.82, 2.24) is 0 Å². The smallest absolute Gasteiger partial charge is 0.0674 e. The first kappa shape index (κ1) is 36.9. The fraction of sp³-hybridized carbons (Fsp3) is 0.267. The zero-order valence-electron chi connectivity index (χ0n) is 35.2. The minimum Gasteiger partial charge on any atom is -0.335 e. The third kappa shape index (κ3) is 5.52. The van der Waals surface area contributed by atoms with Crippen LogP contribution < -0.4 is 4.90 Å². The Bertz CT molecular complexity index is 2760. The fourth-order valence-corrected chi connectivity index (χ4v) is 13.8. The molecule has 5 aromatic carbocycles. The van der Waals surface area contributed by atoms with Crippen LogP contribution in [0, 0.1) is 29.1 Å². The summed E-state index contributed by atoms with van der Waals surface area (Å²) in [5, 5.41) is 2.71. The monoisotopic (exact) mass is 789 g/mol. The molecule has 0 aliphatic heterocycles. The van der Waals surface area contributed by atoms with E-state index < -0.39 is 5.41 Å². The van der Waals surface area contributed by atoms with Gasteiger partial charge in [0, 0.05) is 22.7 Å². The molecule has 0 fully saturated rings. The molecule has 1 nitrogen and oxygen atoms in total. The Kier molecular flexibility index (Phi) is 9.02. The summed E-state index contributed by atoms with van der Waals surface area (Å²) in [4.78, 5) is 2.75. The zero-order chi connectivity index (χ0) is 40.4. The lowest BCUT2D eigenvalue weighted by Crippen LogP contribution is -2.45. The Morgan fingerprint density at radius 2 is 1.39 bits per heavy atom. The van der Waals surface area contributed by atoms with E-state index >= 15 is 0 Å². The molecule has 0 N–H and O–H groups in total. The quantitative estimate of drug-likeness (QED) is 0.148. The highest BCUT2D eigenvalue weighted by Crippen LogP contribution is 2.66. The van der Waals surface area contributed by atoms with Gasteiger partial charge in [-0.2, -0.15) is 0 Å². The van der Waals surface area contributed by atoms with Crippen molar-refractivity contribution < 1.29 is 0 Å². The van der Waals surface area contributed by atoms with Gasteiger partial charge in [0.05, 0.1) is 11.5 Å². The van der Waals surface area contributed by atoms with E-state index in [0.717, 1.165) is 32.1 Å². The molecule has 0 saturated carbocycles. The van der Waals surface area contributed by atoms with Crippen LogP contribution in [0.1, 0.15) is 74.5 Å². The molecule has 0 aromatic heterocycles. The number of allylic oxidation sites excluding steroid dienone is 14. The first-order chi connectivity index (χ1) is 30.3. The Balaban J connectivity index is 1.06. The van der Waals surface area contributed by atoms with Crippen LogP contribution in [0.3, 0.4) is 0 Å². The van der Waals surface area contributed by atoms with E-state index in [9.17, 15) is 0 Å². The molecule has 0 radical (unpaired) electrons. The topological polar surface area (TPSA) is 3.24 Å². The molecule has 0 amide bonds. The summed E-state index contributed by atoms with van der Waals surface area (Å²) in [6.45, 7) is 0. The molecule has 0 heterocycles. The number of rotatable bonds is 7. The molecule has 0 spiro atoms. The van der Waals surface area contributed by atoms with Gasteiger partial charge in [0.15, 0.2) is 0 Å². The van der Waals surface area contributed by atoms with Gasteiger partial charge in [-0.05, 0) is 138 Å². The van der Waals surface area contributed by atoms with Crippen molar-refractivity contribution >= 4 is 16.5 Å². The van der Waals surface area contributed by atoms with Gasteiger partial charge in [-0.3, -0.25) is 0 Å². The second kappa shape index (κ2) is 14.9. The van der Waals surface area contributed by atoms with Crippen molar-refractivity contribution in [3.63, 3.8) is 0 Å². The number of benzene rings is 5. The Morgan fingerprint density at radius 1 is 0.590 bits per heavy atom. The van der Waals surface area contributed by atoms with Gasteiger partial charge >= 0.3 is 0 Å². The van der Waals surface area contributed by atoms with Crippen molar-refractivity contribution in [3.8, 4) is 11.1 Å². The highest BCUT2D eigenvalue weighted by atomic mass is 15.2. The van der Waals surface area contributed by atoms with Gasteiger partial charge in [-0.15, -0.1) is 0 Å². The largest absolute Gasteiger partial charge is 0.335 e. The Morgan fingerprint density at radius 3 is 2.23 bits per heavy atom. The molecule has 0 saturated heterocycles. The summed E-state index contributed by atoms with van der Waals surface area (Å²) in [7, 11) is 0. The Hall–Kier alpha value is -5.92. The molecule has 7 atom stereocenters. The average Bonchev–Trinajstić information content (AvgIpc) is 3.64. The van der Waals surface area contributed by atoms with Gasteiger partial charge in [0.1, 0.15) is 0 Å². The maximum absolute atomic E-state index is 2.80. The van der Waals surface area contributed by atoms with Crippen LogP contribution in [0.4, 0.5) is 5.69 Å². The number of anilines is 1. The number of hydrogen-bond acceptors (Lipinski definition) is 1. The normalized spacial score (nSPS) is 29.5. The van der Waals surface area contributed by atoms with Crippen LogP contribution in [-0.2, 0) is 5.41 Å². The van der Waals surface area contributed by atoms with E-state index in [2.05, 4.69) is 199 Å². The van der Waals surface area contributed by atoms with Crippen molar-refractivity contribution in [1.29, 1.82) is 0 Å². The second-order valence-electron chi connectivity index (χ2n) is 18.7. The van der Waals surface area contributed by atoms with Gasteiger partial charge in [0.2, 0.25) is 0 Å². The van der Waals surface area contributed by atoms with Crippen LogP contribution in [0.15, 0.2) is 217 Å². The van der Waals surface area contributed by atoms with Crippen molar-refractivity contribution in [3.05, 3.63) is 233 Å². The van der Waals surface area contributed by atoms with E-state index in [4.69, 9.17) is 0 Å². The molecular weight excluding hydrogens is 735 g/mol. The summed E-state index contributed by atoms with van der Waals surface area (Å²) in [5.74, 6) is 1.95. The van der Waals surface area contributed by atoms with Crippen LogP contribution in [-0.4, -0.2) is 6.04 Å². The molecule has 1 heteroatoms. The first-order valence-electron chi connectivity index (χ1n) is 23.3. The van der Waals surface area contributed by atoms with Gasteiger partial charge in [-0.25, -0.2) is 0 Å². The zero-order valence-corrected chi connectivity index (χ0v) is 35.2. The van der Waals surface area contributed by atoms with Gasteiger partial charge in [-0.1, -0.05) is 187 Å². The number of hydrogen-bond donors (Lipinski definition) is 0. The molecule has 300 valence electrons. The fourth-order valence-electron chi connectivity index (χ4n) is 13.8. The molecule has 0 bridgehead atoms. The third-order valence-electron chi connectivity index (χ3n) is 16.0. The average molecular weight is 790 g/mol. The predicted octanol–water partition coefficient (Wildman–Crippen LogP) is 15.0. The van der Waals surface area contributed by atoms with Crippen molar-refractivity contribution in [2.45, 2.75) is 69.2 Å². The van der Waals surface area contributed by atoms with Crippen LogP contribution in [0.5, 0.6) is 0 Å². The van der Waals surface area contributed by atoms with Gasteiger partial charge in [0.25, 0.3) is 0 Å². The number of para-hydroxylation sites is 1. The minimum absolute atomic E-state index is 0.0596. The van der Waals surface area contributed by atoms with Crippen molar-refractivity contribution in [2.24, 2.45) is 29.1 Å². The number of nitrogens with zero attached hydrogens (tertiary/aromatic N) is 1. The summed E-state index contributed by atoms with van der Waals surface area (Å²) in [6.07, 6.45) is 40.8. The second-order valence-corrected chi connectivity index (χ2v) is 18.7. The highest BCUT2D eigenvalue weighted by Gasteiger charge is 2.59. The summed E-state index contributed by atoms with van der Waals surface area (Å²) in [6, 6.07) is 46.3. The molecular formula is C60H55N. The summed E-state index contributed by atoms with van der Waals surface area (Å²) >= 11 is 0. The lowest BCUT2D eigenvalue weighted by atomic mass is 9.53. The molecule has 6 unspecified atom stereocenters. The minimum atomic E-state index is -0.417. The van der Waals surface area contributed by atoms with Crippen LogP contribution in [0.2, 0.25) is 0 Å². The van der Waals surface area contributed by atoms with E-state index in [1.165, 1.54) is 81.2 Å². The van der Waals surface area contributed by atoms with Crippen LogP contribution >= 0.6 is 0 Å². The molecule has 5 aromatic rings. The predicted molar refractivity (Wildman–Crippen MR) is 255 cm³/mol. The van der Waals surface area contributed by atoms with E-state index in [1.54, 1.807) is 11.1 Å². The third-order valence-corrected chi connectivity index (χ3v) is 16.0. The lowest BCUT2D eigenvalue weighted by molar-refractivity contribution is 0.0845. The van der Waals surface area contributed by atoms with Crippen LogP contribution in [0.25, 0.3) is 21.9 Å². The highest BCUT2D eigenvalue weighted by molar-refractivity contribution is 6.04. The molecule has 61 heavy (non-hydrogen) atoms. The lowest BCUT2D eigenvalue weighted by Gasteiger charge is -2.51. The summed E-state index contributed by atoms with van der Waals surface area (Å²) < 4.78 is 0.